The van der Waals surface area contributed by atoms with Gasteiger partial charge in [0.05, 0.1) is 10.2 Å². The number of halogens is 2. The summed E-state index contributed by atoms with van der Waals surface area (Å²) in [5.41, 5.74) is 3.99. The van der Waals surface area contributed by atoms with E-state index < -0.39 is 11.9 Å². The first-order valence-electron chi connectivity index (χ1n) is 5.71. The lowest BCUT2D eigenvalue weighted by atomic mass is 10.0. The summed E-state index contributed by atoms with van der Waals surface area (Å²) in [5.74, 6) is -0.422. The fourth-order valence-corrected chi connectivity index (χ4v) is 2.41. The summed E-state index contributed by atoms with van der Waals surface area (Å²) in [6.07, 6.45) is -0.977. The molecule has 1 aromatic carbocycles. The van der Waals surface area contributed by atoms with Gasteiger partial charge in [0.15, 0.2) is 0 Å². The molecular formula is C14H15BrFNO. The molecule has 0 aliphatic rings. The zero-order valence-electron chi connectivity index (χ0n) is 10.5. The number of hydrogen-bond donors (Lipinski definition) is 2. The molecule has 0 aliphatic carbocycles. The number of aliphatic hydroxyl groups excluding tert-OH is 1. The van der Waals surface area contributed by atoms with Crippen LogP contribution in [0.4, 0.5) is 4.39 Å². The van der Waals surface area contributed by atoms with Crippen LogP contribution in [0.3, 0.4) is 0 Å². The van der Waals surface area contributed by atoms with Crippen LogP contribution in [-0.2, 0) is 0 Å². The average Bonchev–Trinajstić information content (AvgIpc) is 2.60. The van der Waals surface area contributed by atoms with Crippen molar-refractivity contribution in [3.8, 4) is 0 Å². The summed E-state index contributed by atoms with van der Waals surface area (Å²) in [6.45, 7) is 5.84. The van der Waals surface area contributed by atoms with E-state index in [2.05, 4.69) is 20.9 Å². The molecule has 0 bridgehead atoms. The van der Waals surface area contributed by atoms with Crippen LogP contribution in [0.15, 0.2) is 22.7 Å². The SMILES string of the molecule is Cc1[nH]c(C(O)c2cccc(Br)c2F)c(C)c1C. The van der Waals surface area contributed by atoms with Gasteiger partial charge >= 0.3 is 0 Å². The first-order valence-corrected chi connectivity index (χ1v) is 6.50. The zero-order valence-corrected chi connectivity index (χ0v) is 12.1. The lowest BCUT2D eigenvalue weighted by molar-refractivity contribution is 0.209. The topological polar surface area (TPSA) is 36.0 Å². The molecule has 2 nitrogen and oxygen atoms in total. The van der Waals surface area contributed by atoms with Gasteiger partial charge in [-0.1, -0.05) is 12.1 Å². The third-order valence-electron chi connectivity index (χ3n) is 3.40. The minimum Gasteiger partial charge on any atom is -0.382 e. The lowest BCUT2D eigenvalue weighted by Gasteiger charge is -2.13. The second-order valence-corrected chi connectivity index (χ2v) is 5.31. The quantitative estimate of drug-likeness (QED) is 0.866. The molecule has 4 heteroatoms. The molecule has 1 unspecified atom stereocenters. The predicted octanol–water partition coefficient (Wildman–Crippen LogP) is 3.92. The monoisotopic (exact) mass is 311 g/mol. The number of nitrogens with one attached hydrogen (secondary N) is 1. The van der Waals surface area contributed by atoms with Crippen molar-refractivity contribution in [2.24, 2.45) is 0 Å². The van der Waals surface area contributed by atoms with Gasteiger partial charge in [0, 0.05) is 11.3 Å². The van der Waals surface area contributed by atoms with Gasteiger partial charge in [-0.2, -0.15) is 0 Å². The molecule has 0 amide bonds. The Morgan fingerprint density at radius 2 is 1.89 bits per heavy atom. The fourth-order valence-electron chi connectivity index (χ4n) is 2.03. The Bertz CT molecular complexity index is 592. The molecule has 1 heterocycles. The van der Waals surface area contributed by atoms with E-state index in [-0.39, 0.29) is 5.56 Å². The smallest absolute Gasteiger partial charge is 0.143 e. The van der Waals surface area contributed by atoms with Crippen LogP contribution in [0.1, 0.15) is 34.2 Å². The van der Waals surface area contributed by atoms with E-state index in [1.54, 1.807) is 18.2 Å². The Labute approximate surface area is 114 Å². The van der Waals surface area contributed by atoms with Gasteiger partial charge in [-0.3, -0.25) is 0 Å². The fraction of sp³-hybridized carbons (Fsp3) is 0.286. The molecule has 0 radical (unpaired) electrons. The highest BCUT2D eigenvalue weighted by Crippen LogP contribution is 2.31. The number of aromatic nitrogens is 1. The molecule has 1 aromatic heterocycles. The molecule has 2 rings (SSSR count). The van der Waals surface area contributed by atoms with Crippen molar-refractivity contribution in [3.05, 3.63) is 56.6 Å². The Balaban J connectivity index is 2.51. The van der Waals surface area contributed by atoms with E-state index in [9.17, 15) is 9.50 Å². The van der Waals surface area contributed by atoms with Crippen LogP contribution in [0.5, 0.6) is 0 Å². The number of hydrogen-bond acceptors (Lipinski definition) is 1. The van der Waals surface area contributed by atoms with Gasteiger partial charge in [0.1, 0.15) is 11.9 Å². The summed E-state index contributed by atoms with van der Waals surface area (Å²) in [5, 5.41) is 10.3. The maximum Gasteiger partial charge on any atom is 0.143 e. The summed E-state index contributed by atoms with van der Waals surface area (Å²) in [4.78, 5) is 3.13. The minimum absolute atomic E-state index is 0.272. The van der Waals surface area contributed by atoms with Gasteiger partial charge in [-0.15, -0.1) is 0 Å². The number of H-pyrrole nitrogens is 1. The van der Waals surface area contributed by atoms with Crippen molar-refractivity contribution < 1.29 is 9.50 Å². The van der Waals surface area contributed by atoms with Crippen LogP contribution in [0.2, 0.25) is 0 Å². The molecule has 0 spiro atoms. The van der Waals surface area contributed by atoms with E-state index in [0.29, 0.717) is 10.2 Å². The van der Waals surface area contributed by atoms with Crippen molar-refractivity contribution in [1.29, 1.82) is 0 Å². The molecule has 0 aliphatic heterocycles. The van der Waals surface area contributed by atoms with Crippen LogP contribution in [0, 0.1) is 26.6 Å². The van der Waals surface area contributed by atoms with Crippen LogP contribution in [-0.4, -0.2) is 10.1 Å². The van der Waals surface area contributed by atoms with Crippen LogP contribution >= 0.6 is 15.9 Å². The van der Waals surface area contributed by atoms with Crippen molar-refractivity contribution in [2.75, 3.05) is 0 Å². The number of rotatable bonds is 2. The number of aromatic amines is 1. The average molecular weight is 312 g/mol. The van der Waals surface area contributed by atoms with Crippen LogP contribution in [0.25, 0.3) is 0 Å². The molecule has 0 fully saturated rings. The molecule has 2 N–H and O–H groups in total. The van der Waals surface area contributed by atoms with E-state index in [4.69, 9.17) is 0 Å². The molecule has 0 saturated heterocycles. The van der Waals surface area contributed by atoms with Crippen molar-refractivity contribution in [3.63, 3.8) is 0 Å². The van der Waals surface area contributed by atoms with E-state index in [0.717, 1.165) is 16.8 Å². The third-order valence-corrected chi connectivity index (χ3v) is 4.01. The Morgan fingerprint density at radius 1 is 1.22 bits per heavy atom. The van der Waals surface area contributed by atoms with Gasteiger partial charge in [-0.25, -0.2) is 4.39 Å². The van der Waals surface area contributed by atoms with E-state index in [1.165, 1.54) is 0 Å². The Kier molecular flexibility index (Phi) is 3.59. The number of aryl methyl sites for hydroxylation is 1. The van der Waals surface area contributed by atoms with Crippen molar-refractivity contribution >= 4 is 15.9 Å². The summed E-state index contributed by atoms with van der Waals surface area (Å²) in [6, 6.07) is 4.92. The molecule has 96 valence electrons. The highest BCUT2D eigenvalue weighted by molar-refractivity contribution is 9.10. The van der Waals surface area contributed by atoms with E-state index in [1.807, 2.05) is 20.8 Å². The van der Waals surface area contributed by atoms with Crippen molar-refractivity contribution in [1.82, 2.24) is 4.98 Å². The Hall–Kier alpha value is -1.13. The van der Waals surface area contributed by atoms with Gasteiger partial charge in [-0.05, 0) is 53.9 Å². The van der Waals surface area contributed by atoms with Gasteiger partial charge in [0.2, 0.25) is 0 Å². The first kappa shape index (κ1) is 13.3. The van der Waals surface area contributed by atoms with Gasteiger partial charge in [0.25, 0.3) is 0 Å². The number of aliphatic hydroxyl groups is 1. The molecule has 0 saturated carbocycles. The third kappa shape index (κ3) is 2.10. The molecule has 18 heavy (non-hydrogen) atoms. The zero-order chi connectivity index (χ0) is 13.4. The minimum atomic E-state index is -0.977. The normalized spacial score (nSPS) is 12.8. The second kappa shape index (κ2) is 4.86. The summed E-state index contributed by atoms with van der Waals surface area (Å²) < 4.78 is 14.3. The molecular weight excluding hydrogens is 297 g/mol. The standard InChI is InChI=1S/C14H15BrFNO/c1-7-8(2)13(17-9(7)3)14(18)10-5-4-6-11(15)12(10)16/h4-6,14,17-18H,1-3H3. The highest BCUT2D eigenvalue weighted by Gasteiger charge is 2.21. The maximum atomic E-state index is 14.0. The number of benzene rings is 1. The lowest BCUT2D eigenvalue weighted by Crippen LogP contribution is -2.05. The van der Waals surface area contributed by atoms with E-state index >= 15 is 0 Å². The molecule has 1 atom stereocenters. The van der Waals surface area contributed by atoms with Gasteiger partial charge < -0.3 is 10.1 Å². The summed E-state index contributed by atoms with van der Waals surface area (Å²) >= 11 is 3.13. The maximum absolute atomic E-state index is 14.0. The van der Waals surface area contributed by atoms with Crippen molar-refractivity contribution in [2.45, 2.75) is 26.9 Å². The highest BCUT2D eigenvalue weighted by atomic mass is 79.9. The molecule has 2 aromatic rings. The largest absolute Gasteiger partial charge is 0.382 e. The second-order valence-electron chi connectivity index (χ2n) is 4.46. The first-order chi connectivity index (χ1) is 8.43. The predicted molar refractivity (Wildman–Crippen MR) is 73.2 cm³/mol. The Morgan fingerprint density at radius 3 is 2.44 bits per heavy atom. The van der Waals surface area contributed by atoms with Crippen LogP contribution < -0.4 is 0 Å². The summed E-state index contributed by atoms with van der Waals surface area (Å²) in [7, 11) is 0.